The van der Waals surface area contributed by atoms with Crippen molar-refractivity contribution in [2.75, 3.05) is 0 Å². The average molecular weight is 318 g/mol. The molecule has 0 spiro atoms. The zero-order valence-electron chi connectivity index (χ0n) is 12.5. The highest BCUT2D eigenvalue weighted by molar-refractivity contribution is 6.30. The van der Waals surface area contributed by atoms with Gasteiger partial charge in [-0.05, 0) is 42.7 Å². The van der Waals surface area contributed by atoms with Crippen molar-refractivity contribution in [2.24, 2.45) is 0 Å². The molecule has 3 rings (SSSR count). The molecule has 1 aromatic heterocycles. The fourth-order valence-electron chi connectivity index (χ4n) is 3.34. The molecule has 1 fully saturated rings. The number of benzene rings is 1. The highest BCUT2D eigenvalue weighted by atomic mass is 35.5. The molecular formula is C18H20ClNO2. The molecule has 0 radical (unpaired) electrons. The van der Waals surface area contributed by atoms with Crippen molar-refractivity contribution < 1.29 is 9.21 Å². The van der Waals surface area contributed by atoms with Crippen LogP contribution in [0.5, 0.6) is 0 Å². The Morgan fingerprint density at radius 2 is 2.00 bits per heavy atom. The first-order chi connectivity index (χ1) is 10.7. The van der Waals surface area contributed by atoms with Gasteiger partial charge in [-0.25, -0.2) is 0 Å². The summed E-state index contributed by atoms with van der Waals surface area (Å²) in [6.45, 7) is 0.425. The molecule has 1 amide bonds. The average Bonchev–Trinajstić information content (AvgIpc) is 3.06. The molecule has 0 atom stereocenters. The van der Waals surface area contributed by atoms with Crippen molar-refractivity contribution in [1.82, 2.24) is 5.32 Å². The summed E-state index contributed by atoms with van der Waals surface area (Å²) in [7, 11) is 0. The molecule has 1 aliphatic rings. The maximum Gasteiger partial charge on any atom is 0.231 e. The molecule has 22 heavy (non-hydrogen) atoms. The molecule has 0 aliphatic heterocycles. The van der Waals surface area contributed by atoms with Gasteiger partial charge in [0.25, 0.3) is 0 Å². The van der Waals surface area contributed by atoms with Gasteiger partial charge in [0.05, 0.1) is 18.2 Å². The van der Waals surface area contributed by atoms with Crippen LogP contribution in [0, 0.1) is 0 Å². The smallest absolute Gasteiger partial charge is 0.231 e. The molecule has 1 heterocycles. The summed E-state index contributed by atoms with van der Waals surface area (Å²) in [5.41, 5.74) is 0.562. The minimum atomic E-state index is -0.463. The van der Waals surface area contributed by atoms with Gasteiger partial charge < -0.3 is 9.73 Å². The summed E-state index contributed by atoms with van der Waals surface area (Å²) < 4.78 is 5.29. The van der Waals surface area contributed by atoms with Crippen LogP contribution < -0.4 is 5.32 Å². The van der Waals surface area contributed by atoms with Gasteiger partial charge in [-0.2, -0.15) is 0 Å². The fraction of sp³-hybridized carbons (Fsp3) is 0.389. The lowest BCUT2D eigenvalue weighted by atomic mass is 9.68. The van der Waals surface area contributed by atoms with E-state index in [4.69, 9.17) is 16.0 Å². The van der Waals surface area contributed by atoms with Crippen molar-refractivity contribution >= 4 is 17.5 Å². The third-order valence-corrected chi connectivity index (χ3v) is 4.76. The molecular weight excluding hydrogens is 298 g/mol. The van der Waals surface area contributed by atoms with E-state index in [1.54, 1.807) is 6.26 Å². The Hall–Kier alpha value is -1.74. The molecule has 0 unspecified atom stereocenters. The summed E-state index contributed by atoms with van der Waals surface area (Å²) in [6, 6.07) is 11.4. The first-order valence-electron chi connectivity index (χ1n) is 7.77. The van der Waals surface area contributed by atoms with Crippen molar-refractivity contribution in [3.05, 3.63) is 59.0 Å². The number of hydrogen-bond acceptors (Lipinski definition) is 2. The minimum absolute atomic E-state index is 0.0749. The molecule has 1 N–H and O–H groups in total. The second-order valence-corrected chi connectivity index (χ2v) is 6.35. The molecule has 1 aliphatic carbocycles. The molecule has 1 aromatic carbocycles. The minimum Gasteiger partial charge on any atom is -0.467 e. The van der Waals surface area contributed by atoms with E-state index in [1.807, 2.05) is 36.4 Å². The zero-order valence-corrected chi connectivity index (χ0v) is 13.2. The highest BCUT2D eigenvalue weighted by Crippen LogP contribution is 2.40. The van der Waals surface area contributed by atoms with E-state index in [-0.39, 0.29) is 5.91 Å². The Balaban J connectivity index is 1.83. The second kappa shape index (κ2) is 6.57. The SMILES string of the molecule is O=C(NCc1ccco1)C1(c2cccc(Cl)c2)CCCCC1. The summed E-state index contributed by atoms with van der Waals surface area (Å²) in [5.74, 6) is 0.844. The predicted molar refractivity (Wildman–Crippen MR) is 86.8 cm³/mol. The Kier molecular flexibility index (Phi) is 4.53. The van der Waals surface area contributed by atoms with Crippen LogP contribution in [0.25, 0.3) is 0 Å². The van der Waals surface area contributed by atoms with Crippen LogP contribution in [0.15, 0.2) is 47.1 Å². The number of furan rings is 1. The molecule has 3 nitrogen and oxygen atoms in total. The monoisotopic (exact) mass is 317 g/mol. The molecule has 116 valence electrons. The third kappa shape index (κ3) is 3.05. The van der Waals surface area contributed by atoms with E-state index >= 15 is 0 Å². The fourth-order valence-corrected chi connectivity index (χ4v) is 3.53. The highest BCUT2D eigenvalue weighted by Gasteiger charge is 2.41. The lowest BCUT2D eigenvalue weighted by molar-refractivity contribution is -0.128. The van der Waals surface area contributed by atoms with Gasteiger partial charge in [0.2, 0.25) is 5.91 Å². The molecule has 4 heteroatoms. The van der Waals surface area contributed by atoms with E-state index in [2.05, 4.69) is 5.32 Å². The standard InChI is InChI=1S/C18H20ClNO2/c19-15-7-4-6-14(12-15)18(9-2-1-3-10-18)17(21)20-13-16-8-5-11-22-16/h4-8,11-12H,1-3,9-10,13H2,(H,20,21). The maximum atomic E-state index is 12.9. The van der Waals surface area contributed by atoms with Crippen LogP contribution in [-0.2, 0) is 16.8 Å². The molecule has 2 aromatic rings. The van der Waals surface area contributed by atoms with Gasteiger partial charge in [-0.3, -0.25) is 4.79 Å². The number of halogens is 1. The molecule has 0 saturated heterocycles. The van der Waals surface area contributed by atoms with Gasteiger partial charge in [0.1, 0.15) is 5.76 Å². The van der Waals surface area contributed by atoms with Crippen molar-refractivity contribution in [2.45, 2.75) is 44.1 Å². The number of carbonyl (C=O) groups excluding carboxylic acids is 1. The van der Waals surface area contributed by atoms with E-state index in [1.165, 1.54) is 6.42 Å². The Morgan fingerprint density at radius 3 is 2.68 bits per heavy atom. The van der Waals surface area contributed by atoms with Crippen LogP contribution in [-0.4, -0.2) is 5.91 Å². The summed E-state index contributed by atoms with van der Waals surface area (Å²) in [4.78, 5) is 12.9. The first kappa shape index (κ1) is 15.2. The Bertz CT molecular complexity index is 630. The topological polar surface area (TPSA) is 42.2 Å². The number of amides is 1. The van der Waals surface area contributed by atoms with Crippen molar-refractivity contribution in [3.8, 4) is 0 Å². The molecule has 1 saturated carbocycles. The number of hydrogen-bond donors (Lipinski definition) is 1. The number of carbonyl (C=O) groups is 1. The lowest BCUT2D eigenvalue weighted by Gasteiger charge is -2.36. The summed E-state index contributed by atoms with van der Waals surface area (Å²) in [6.07, 6.45) is 6.69. The van der Waals surface area contributed by atoms with Gasteiger partial charge in [-0.1, -0.05) is 43.0 Å². The lowest BCUT2D eigenvalue weighted by Crippen LogP contribution is -2.45. The maximum absolute atomic E-state index is 12.9. The van der Waals surface area contributed by atoms with E-state index in [0.29, 0.717) is 11.6 Å². The summed E-state index contributed by atoms with van der Waals surface area (Å²) >= 11 is 6.14. The Morgan fingerprint density at radius 1 is 1.18 bits per heavy atom. The van der Waals surface area contributed by atoms with Gasteiger partial charge >= 0.3 is 0 Å². The zero-order chi connectivity index (χ0) is 15.4. The van der Waals surface area contributed by atoms with Gasteiger partial charge in [0.15, 0.2) is 0 Å². The van der Waals surface area contributed by atoms with Crippen LogP contribution in [0.3, 0.4) is 0 Å². The number of rotatable bonds is 4. The van der Waals surface area contributed by atoms with Gasteiger partial charge in [0, 0.05) is 5.02 Å². The molecule has 0 bridgehead atoms. The van der Waals surface area contributed by atoms with Crippen molar-refractivity contribution in [3.63, 3.8) is 0 Å². The van der Waals surface area contributed by atoms with Crippen molar-refractivity contribution in [1.29, 1.82) is 0 Å². The van der Waals surface area contributed by atoms with E-state index < -0.39 is 5.41 Å². The van der Waals surface area contributed by atoms with Crippen LogP contribution in [0.2, 0.25) is 5.02 Å². The van der Waals surface area contributed by atoms with Crippen LogP contribution in [0.4, 0.5) is 0 Å². The van der Waals surface area contributed by atoms with Crippen LogP contribution in [0.1, 0.15) is 43.4 Å². The third-order valence-electron chi connectivity index (χ3n) is 4.52. The van der Waals surface area contributed by atoms with Crippen LogP contribution >= 0.6 is 11.6 Å². The number of nitrogens with one attached hydrogen (secondary N) is 1. The van der Waals surface area contributed by atoms with E-state index in [0.717, 1.165) is 37.0 Å². The predicted octanol–water partition coefficient (Wildman–Crippen LogP) is 4.45. The van der Waals surface area contributed by atoms with Gasteiger partial charge in [-0.15, -0.1) is 0 Å². The normalized spacial score (nSPS) is 17.1. The first-order valence-corrected chi connectivity index (χ1v) is 8.15. The summed E-state index contributed by atoms with van der Waals surface area (Å²) in [5, 5.41) is 3.72. The Labute approximate surface area is 135 Å². The quantitative estimate of drug-likeness (QED) is 0.905. The van der Waals surface area contributed by atoms with E-state index in [9.17, 15) is 4.79 Å². The largest absolute Gasteiger partial charge is 0.467 e. The second-order valence-electron chi connectivity index (χ2n) is 5.92.